The Labute approximate surface area is 181 Å². The molecule has 0 saturated heterocycles. The van der Waals surface area contributed by atoms with Crippen LogP contribution in [0.1, 0.15) is 22.0 Å². The first-order chi connectivity index (χ1) is 15.0. The lowest BCUT2D eigenvalue weighted by Gasteiger charge is -2.21. The number of benzene rings is 3. The molecular formula is C25H24N2O4. The zero-order valence-corrected chi connectivity index (χ0v) is 17.4. The van der Waals surface area contributed by atoms with Crippen molar-refractivity contribution in [1.29, 1.82) is 0 Å². The highest BCUT2D eigenvalue weighted by Gasteiger charge is 2.26. The monoisotopic (exact) mass is 416 g/mol. The van der Waals surface area contributed by atoms with Crippen molar-refractivity contribution in [2.24, 2.45) is 0 Å². The maximum atomic E-state index is 12.4. The number of nitrogens with one attached hydrogen (secondary N) is 1. The smallest absolute Gasteiger partial charge is 0.326 e. The van der Waals surface area contributed by atoms with Gasteiger partial charge in [0.2, 0.25) is 6.10 Å². The van der Waals surface area contributed by atoms with Crippen LogP contribution in [-0.4, -0.2) is 43.3 Å². The fourth-order valence-electron chi connectivity index (χ4n) is 3.00. The van der Waals surface area contributed by atoms with Crippen LogP contribution in [0.2, 0.25) is 0 Å². The zero-order chi connectivity index (χ0) is 22.2. The fourth-order valence-corrected chi connectivity index (χ4v) is 3.00. The summed E-state index contributed by atoms with van der Waals surface area (Å²) in [4.78, 5) is 38.5. The van der Waals surface area contributed by atoms with Crippen molar-refractivity contribution in [1.82, 2.24) is 10.2 Å². The highest BCUT2D eigenvalue weighted by atomic mass is 16.5. The van der Waals surface area contributed by atoms with Gasteiger partial charge in [-0.05, 0) is 23.3 Å². The summed E-state index contributed by atoms with van der Waals surface area (Å²) in [6.07, 6.45) is -1.06. The molecule has 3 rings (SSSR count). The Kier molecular flexibility index (Phi) is 7.17. The summed E-state index contributed by atoms with van der Waals surface area (Å²) in [5.41, 5.74) is 3.04. The topological polar surface area (TPSA) is 75.7 Å². The molecule has 31 heavy (non-hydrogen) atoms. The molecule has 3 aromatic carbocycles. The normalized spacial score (nSPS) is 11.3. The van der Waals surface area contributed by atoms with E-state index in [4.69, 9.17) is 4.74 Å². The van der Waals surface area contributed by atoms with Crippen LogP contribution in [0.15, 0.2) is 84.9 Å². The van der Waals surface area contributed by atoms with Crippen molar-refractivity contribution in [3.8, 4) is 11.1 Å². The third-order valence-electron chi connectivity index (χ3n) is 4.66. The van der Waals surface area contributed by atoms with E-state index in [1.54, 1.807) is 50.5 Å². The molecule has 0 saturated carbocycles. The van der Waals surface area contributed by atoms with E-state index < -0.39 is 18.0 Å². The Bertz CT molecular complexity index is 1030. The summed E-state index contributed by atoms with van der Waals surface area (Å²) in [6.45, 7) is -0.344. The fraction of sp³-hybridized carbons (Fsp3) is 0.160. The predicted molar refractivity (Wildman–Crippen MR) is 118 cm³/mol. The van der Waals surface area contributed by atoms with E-state index in [1.165, 1.54) is 4.90 Å². The molecule has 2 amide bonds. The summed E-state index contributed by atoms with van der Waals surface area (Å²) >= 11 is 0. The van der Waals surface area contributed by atoms with E-state index in [0.717, 1.165) is 11.1 Å². The Morgan fingerprint density at radius 3 is 1.94 bits per heavy atom. The number of carbonyl (C=O) groups excluding carboxylic acids is 3. The molecule has 0 heterocycles. The van der Waals surface area contributed by atoms with Crippen LogP contribution in [0, 0.1) is 0 Å². The van der Waals surface area contributed by atoms with Crippen LogP contribution in [0.5, 0.6) is 0 Å². The minimum Gasteiger partial charge on any atom is -0.446 e. The first-order valence-electron chi connectivity index (χ1n) is 9.85. The van der Waals surface area contributed by atoms with Gasteiger partial charge < -0.3 is 15.0 Å². The molecule has 1 N–H and O–H groups in total. The van der Waals surface area contributed by atoms with Gasteiger partial charge in [-0.2, -0.15) is 0 Å². The average molecular weight is 416 g/mol. The molecule has 1 atom stereocenters. The number of carbonyl (C=O) groups is 3. The Morgan fingerprint density at radius 2 is 1.35 bits per heavy atom. The first-order valence-corrected chi connectivity index (χ1v) is 9.85. The van der Waals surface area contributed by atoms with Crippen LogP contribution >= 0.6 is 0 Å². The molecular weight excluding hydrogens is 392 g/mol. The molecule has 0 aromatic heterocycles. The second-order valence-electron chi connectivity index (χ2n) is 7.14. The first kappa shape index (κ1) is 21.8. The van der Waals surface area contributed by atoms with Gasteiger partial charge in [0.15, 0.2) is 0 Å². The Balaban J connectivity index is 1.60. The standard InChI is InChI=1S/C25H24N2O4/c1-27(2)25(30)23(20-11-7-4-8-12-20)31-22(28)17-26-24(29)21-15-13-19(14-16-21)18-9-5-3-6-10-18/h3-16,23H,17H2,1-2H3,(H,26,29). The van der Waals surface area contributed by atoms with Crippen LogP contribution in [-0.2, 0) is 14.3 Å². The second-order valence-corrected chi connectivity index (χ2v) is 7.14. The number of hydrogen-bond donors (Lipinski definition) is 1. The molecule has 158 valence electrons. The van der Waals surface area contributed by atoms with Crippen LogP contribution in [0.4, 0.5) is 0 Å². The summed E-state index contributed by atoms with van der Waals surface area (Å²) < 4.78 is 5.38. The van der Waals surface area contributed by atoms with Gasteiger partial charge in [0.25, 0.3) is 11.8 Å². The van der Waals surface area contributed by atoms with E-state index in [9.17, 15) is 14.4 Å². The Morgan fingerprint density at radius 1 is 0.806 bits per heavy atom. The molecule has 0 aliphatic heterocycles. The minimum atomic E-state index is -1.06. The van der Waals surface area contributed by atoms with Gasteiger partial charge in [-0.15, -0.1) is 0 Å². The van der Waals surface area contributed by atoms with Crippen LogP contribution < -0.4 is 5.32 Å². The summed E-state index contributed by atoms with van der Waals surface area (Å²) in [6, 6.07) is 25.7. The molecule has 0 spiro atoms. The molecule has 1 unspecified atom stereocenters. The second kappa shape index (κ2) is 10.2. The molecule has 0 aliphatic rings. The van der Waals surface area contributed by atoms with Gasteiger partial charge in [-0.3, -0.25) is 14.4 Å². The third-order valence-corrected chi connectivity index (χ3v) is 4.66. The van der Waals surface area contributed by atoms with Gasteiger partial charge in [-0.1, -0.05) is 72.8 Å². The van der Waals surface area contributed by atoms with Gasteiger partial charge in [0.05, 0.1) is 0 Å². The summed E-state index contributed by atoms with van der Waals surface area (Å²) in [5, 5.41) is 2.54. The lowest BCUT2D eigenvalue weighted by Crippen LogP contribution is -2.35. The van der Waals surface area contributed by atoms with Gasteiger partial charge in [0.1, 0.15) is 6.54 Å². The van der Waals surface area contributed by atoms with Crippen LogP contribution in [0.3, 0.4) is 0 Å². The SMILES string of the molecule is CN(C)C(=O)C(OC(=O)CNC(=O)c1ccc(-c2ccccc2)cc1)c1ccccc1. The lowest BCUT2D eigenvalue weighted by molar-refractivity contribution is -0.158. The van der Waals surface area contributed by atoms with Crippen molar-refractivity contribution < 1.29 is 19.1 Å². The number of hydrogen-bond acceptors (Lipinski definition) is 4. The van der Waals surface area contributed by atoms with E-state index >= 15 is 0 Å². The van der Waals surface area contributed by atoms with Crippen molar-refractivity contribution in [3.05, 3.63) is 96.1 Å². The van der Waals surface area contributed by atoms with Crippen molar-refractivity contribution in [2.45, 2.75) is 6.10 Å². The lowest BCUT2D eigenvalue weighted by atomic mass is 10.0. The number of esters is 1. The van der Waals surface area contributed by atoms with E-state index in [2.05, 4.69) is 5.32 Å². The van der Waals surface area contributed by atoms with Crippen molar-refractivity contribution >= 4 is 17.8 Å². The minimum absolute atomic E-state index is 0.344. The molecule has 0 radical (unpaired) electrons. The quantitative estimate of drug-likeness (QED) is 0.599. The molecule has 0 aliphatic carbocycles. The molecule has 3 aromatic rings. The van der Waals surface area contributed by atoms with E-state index in [1.807, 2.05) is 48.5 Å². The zero-order valence-electron chi connectivity index (χ0n) is 17.4. The predicted octanol–water partition coefficient (Wildman–Crippen LogP) is 3.46. The molecule has 0 fully saturated rings. The van der Waals surface area contributed by atoms with Gasteiger partial charge in [-0.25, -0.2) is 0 Å². The van der Waals surface area contributed by atoms with E-state index in [-0.39, 0.29) is 12.5 Å². The summed E-state index contributed by atoms with van der Waals surface area (Å²) in [5.74, 6) is -1.45. The van der Waals surface area contributed by atoms with Crippen molar-refractivity contribution in [3.63, 3.8) is 0 Å². The van der Waals surface area contributed by atoms with Gasteiger partial charge in [0, 0.05) is 25.2 Å². The number of amides is 2. The highest BCUT2D eigenvalue weighted by Crippen LogP contribution is 2.20. The Hall–Kier alpha value is -3.93. The molecule has 6 heteroatoms. The number of rotatable bonds is 7. The number of likely N-dealkylation sites (N-methyl/N-ethyl adjacent to an activating group) is 1. The van der Waals surface area contributed by atoms with E-state index in [0.29, 0.717) is 11.1 Å². The maximum absolute atomic E-state index is 12.4. The average Bonchev–Trinajstić information content (AvgIpc) is 2.81. The number of nitrogens with zero attached hydrogens (tertiary/aromatic N) is 1. The summed E-state index contributed by atoms with van der Waals surface area (Å²) in [7, 11) is 3.18. The molecule has 0 bridgehead atoms. The van der Waals surface area contributed by atoms with Crippen LogP contribution in [0.25, 0.3) is 11.1 Å². The van der Waals surface area contributed by atoms with Gasteiger partial charge >= 0.3 is 5.97 Å². The number of ether oxygens (including phenoxy) is 1. The highest BCUT2D eigenvalue weighted by molar-refractivity contribution is 5.96. The third kappa shape index (κ3) is 5.79. The largest absolute Gasteiger partial charge is 0.446 e. The van der Waals surface area contributed by atoms with Crippen molar-refractivity contribution in [2.75, 3.05) is 20.6 Å². The molecule has 6 nitrogen and oxygen atoms in total. The maximum Gasteiger partial charge on any atom is 0.326 e.